The lowest BCUT2D eigenvalue weighted by Gasteiger charge is -2.08. The molecule has 0 aliphatic heterocycles. The van der Waals surface area contributed by atoms with Crippen molar-refractivity contribution < 1.29 is 5.21 Å². The Morgan fingerprint density at radius 2 is 2.42 bits per heavy atom. The second-order valence-corrected chi connectivity index (χ2v) is 5.10. The number of rotatable bonds is 3. The molecule has 4 heteroatoms. The Kier molecular flexibility index (Phi) is 3.71. The van der Waals surface area contributed by atoms with Crippen LogP contribution >= 0.6 is 27.3 Å². The summed E-state index contributed by atoms with van der Waals surface area (Å²) < 4.78 is 1.14. The van der Waals surface area contributed by atoms with Gasteiger partial charge < -0.3 is 5.21 Å². The van der Waals surface area contributed by atoms with Crippen molar-refractivity contribution in [1.82, 2.24) is 5.48 Å². The van der Waals surface area contributed by atoms with Gasteiger partial charge in [0.25, 0.3) is 0 Å². The lowest BCUT2D eigenvalue weighted by Crippen LogP contribution is -2.14. The zero-order chi connectivity index (χ0) is 9.14. The highest BCUT2D eigenvalue weighted by molar-refractivity contribution is 9.11. The van der Waals surface area contributed by atoms with Gasteiger partial charge in [0.2, 0.25) is 0 Å². The third-order valence-corrected chi connectivity index (χ3v) is 4.03. The first-order valence-corrected chi connectivity index (χ1v) is 5.45. The minimum absolute atomic E-state index is 0.0694. The molecule has 0 saturated heterocycles. The molecular formula is C8H12BrNOS. The Bertz CT molecular complexity index is 238. The predicted molar refractivity (Wildman–Crippen MR) is 54.7 cm³/mol. The Morgan fingerprint density at radius 3 is 2.75 bits per heavy atom. The van der Waals surface area contributed by atoms with Crippen LogP contribution in [0.3, 0.4) is 0 Å². The van der Waals surface area contributed by atoms with Crippen LogP contribution < -0.4 is 5.48 Å². The monoisotopic (exact) mass is 249 g/mol. The van der Waals surface area contributed by atoms with Gasteiger partial charge >= 0.3 is 0 Å². The lowest BCUT2D eigenvalue weighted by atomic mass is 10.2. The molecule has 0 aromatic carbocycles. The zero-order valence-corrected chi connectivity index (χ0v) is 9.50. The number of thiophene rings is 1. The van der Waals surface area contributed by atoms with Crippen molar-refractivity contribution in [3.05, 3.63) is 20.3 Å². The first-order valence-electron chi connectivity index (χ1n) is 3.84. The van der Waals surface area contributed by atoms with E-state index in [-0.39, 0.29) is 6.04 Å². The topological polar surface area (TPSA) is 32.3 Å². The third kappa shape index (κ3) is 2.07. The summed E-state index contributed by atoms with van der Waals surface area (Å²) >= 11 is 5.12. The highest BCUT2D eigenvalue weighted by atomic mass is 79.9. The van der Waals surface area contributed by atoms with Crippen molar-refractivity contribution in [1.29, 1.82) is 0 Å². The Hall–Kier alpha value is 0.1000. The van der Waals surface area contributed by atoms with E-state index in [2.05, 4.69) is 27.5 Å². The van der Waals surface area contributed by atoms with Crippen molar-refractivity contribution in [2.24, 2.45) is 0 Å². The molecule has 1 unspecified atom stereocenters. The SMILES string of the molecule is CCC(NO)c1cc(C)c(Br)s1. The van der Waals surface area contributed by atoms with Crippen molar-refractivity contribution in [2.75, 3.05) is 0 Å². The summed E-state index contributed by atoms with van der Waals surface area (Å²) in [7, 11) is 0. The molecular weight excluding hydrogens is 238 g/mol. The average molecular weight is 250 g/mol. The number of hydroxylamine groups is 1. The van der Waals surface area contributed by atoms with Crippen LogP contribution in [0.25, 0.3) is 0 Å². The molecule has 0 aliphatic carbocycles. The lowest BCUT2D eigenvalue weighted by molar-refractivity contribution is 0.125. The van der Waals surface area contributed by atoms with E-state index in [9.17, 15) is 0 Å². The summed E-state index contributed by atoms with van der Waals surface area (Å²) in [5, 5.41) is 8.82. The molecule has 12 heavy (non-hydrogen) atoms. The Labute approximate surface area is 84.7 Å². The third-order valence-electron chi connectivity index (χ3n) is 1.78. The van der Waals surface area contributed by atoms with Gasteiger partial charge in [-0.3, -0.25) is 0 Å². The van der Waals surface area contributed by atoms with Crippen molar-refractivity contribution in [3.8, 4) is 0 Å². The number of hydrogen-bond donors (Lipinski definition) is 2. The molecule has 0 bridgehead atoms. The first kappa shape index (κ1) is 10.2. The van der Waals surface area contributed by atoms with Crippen molar-refractivity contribution in [2.45, 2.75) is 26.3 Å². The fourth-order valence-electron chi connectivity index (χ4n) is 1.01. The summed E-state index contributed by atoms with van der Waals surface area (Å²) in [4.78, 5) is 1.17. The van der Waals surface area contributed by atoms with Gasteiger partial charge in [0.05, 0.1) is 9.83 Å². The maximum absolute atomic E-state index is 8.82. The van der Waals surface area contributed by atoms with E-state index in [1.165, 1.54) is 10.4 Å². The maximum Gasteiger partial charge on any atom is 0.0731 e. The fourth-order valence-corrected chi connectivity index (χ4v) is 2.71. The van der Waals surface area contributed by atoms with Crippen LogP contribution in [0.2, 0.25) is 0 Å². The largest absolute Gasteiger partial charge is 0.316 e. The van der Waals surface area contributed by atoms with Gasteiger partial charge in [-0.15, -0.1) is 11.3 Å². The second-order valence-electron chi connectivity index (χ2n) is 2.70. The summed E-state index contributed by atoms with van der Waals surface area (Å²) in [6.07, 6.45) is 0.892. The number of aryl methyl sites for hydroxylation is 1. The average Bonchev–Trinajstić information content (AvgIpc) is 2.35. The Balaban J connectivity index is 2.86. The van der Waals surface area contributed by atoms with Gasteiger partial charge in [0.1, 0.15) is 0 Å². The van der Waals surface area contributed by atoms with E-state index < -0.39 is 0 Å². The smallest absolute Gasteiger partial charge is 0.0731 e. The van der Waals surface area contributed by atoms with E-state index in [0.29, 0.717) is 0 Å². The molecule has 1 rings (SSSR count). The summed E-state index contributed by atoms with van der Waals surface area (Å²) in [6, 6.07) is 2.16. The van der Waals surface area contributed by atoms with E-state index in [4.69, 9.17) is 5.21 Å². The van der Waals surface area contributed by atoms with E-state index in [1.54, 1.807) is 11.3 Å². The second kappa shape index (κ2) is 4.37. The summed E-state index contributed by atoms with van der Waals surface area (Å²) in [5.41, 5.74) is 3.52. The van der Waals surface area contributed by atoms with E-state index in [0.717, 1.165) is 10.2 Å². The summed E-state index contributed by atoms with van der Waals surface area (Å²) in [6.45, 7) is 4.09. The molecule has 0 aliphatic rings. The van der Waals surface area contributed by atoms with E-state index in [1.807, 2.05) is 13.8 Å². The summed E-state index contributed by atoms with van der Waals surface area (Å²) in [5.74, 6) is 0. The number of halogens is 1. The molecule has 1 aromatic heterocycles. The van der Waals surface area contributed by atoms with Crippen LogP contribution in [0, 0.1) is 6.92 Å². The Morgan fingerprint density at radius 1 is 1.75 bits per heavy atom. The number of hydrogen-bond acceptors (Lipinski definition) is 3. The van der Waals surface area contributed by atoms with E-state index >= 15 is 0 Å². The van der Waals surface area contributed by atoms with Crippen LogP contribution in [-0.4, -0.2) is 5.21 Å². The molecule has 68 valence electrons. The molecule has 2 nitrogen and oxygen atoms in total. The molecule has 0 spiro atoms. The van der Waals surface area contributed by atoms with Crippen molar-refractivity contribution in [3.63, 3.8) is 0 Å². The van der Waals surface area contributed by atoms with Gasteiger partial charge in [-0.05, 0) is 40.9 Å². The minimum atomic E-state index is 0.0694. The van der Waals surface area contributed by atoms with Crippen LogP contribution in [0.15, 0.2) is 9.85 Å². The standard InChI is InChI=1S/C8H12BrNOS/c1-3-6(10-11)7-4-5(2)8(9)12-7/h4,6,10-11H,3H2,1-2H3. The molecule has 0 amide bonds. The van der Waals surface area contributed by atoms with Crippen LogP contribution in [0.5, 0.6) is 0 Å². The molecule has 1 atom stereocenters. The quantitative estimate of drug-likeness (QED) is 0.807. The number of nitrogens with one attached hydrogen (secondary N) is 1. The van der Waals surface area contributed by atoms with Gasteiger partial charge in [-0.1, -0.05) is 6.92 Å². The van der Waals surface area contributed by atoms with Gasteiger partial charge in [0, 0.05) is 4.88 Å². The molecule has 1 heterocycles. The van der Waals surface area contributed by atoms with Gasteiger partial charge in [-0.25, -0.2) is 0 Å². The highest BCUT2D eigenvalue weighted by Crippen LogP contribution is 2.32. The van der Waals surface area contributed by atoms with Crippen molar-refractivity contribution >= 4 is 27.3 Å². The normalized spacial score (nSPS) is 13.3. The molecule has 1 aromatic rings. The molecule has 2 N–H and O–H groups in total. The molecule has 0 fully saturated rings. The fraction of sp³-hybridized carbons (Fsp3) is 0.500. The minimum Gasteiger partial charge on any atom is -0.316 e. The zero-order valence-electron chi connectivity index (χ0n) is 7.10. The maximum atomic E-state index is 8.82. The molecule has 0 saturated carbocycles. The first-order chi connectivity index (χ1) is 5.69. The van der Waals surface area contributed by atoms with Crippen LogP contribution in [-0.2, 0) is 0 Å². The van der Waals surface area contributed by atoms with Gasteiger partial charge in [-0.2, -0.15) is 5.48 Å². The van der Waals surface area contributed by atoms with Gasteiger partial charge in [0.15, 0.2) is 0 Å². The van der Waals surface area contributed by atoms with Crippen LogP contribution in [0.1, 0.15) is 29.8 Å². The molecule has 0 radical (unpaired) electrons. The predicted octanol–water partition coefficient (Wildman–Crippen LogP) is 3.25. The highest BCUT2D eigenvalue weighted by Gasteiger charge is 2.11. The van der Waals surface area contributed by atoms with Crippen LogP contribution in [0.4, 0.5) is 0 Å².